The highest BCUT2D eigenvalue weighted by Gasteiger charge is 2.48. The summed E-state index contributed by atoms with van der Waals surface area (Å²) in [5.74, 6) is -3.92. The van der Waals surface area contributed by atoms with Gasteiger partial charge < -0.3 is 14.0 Å². The summed E-state index contributed by atoms with van der Waals surface area (Å²) in [6.07, 6.45) is 2.55. The molecule has 7 heteroatoms. The summed E-state index contributed by atoms with van der Waals surface area (Å²) in [5.41, 5.74) is -0.546. The van der Waals surface area contributed by atoms with Crippen molar-refractivity contribution >= 4 is 11.9 Å². The lowest BCUT2D eigenvalue weighted by Gasteiger charge is -2.30. The Morgan fingerprint density at radius 1 is 1.14 bits per heavy atom. The number of halogens is 2. The lowest BCUT2D eigenvalue weighted by Crippen LogP contribution is -2.41. The topological polar surface area (TPSA) is 61.6 Å². The quantitative estimate of drug-likeness (QED) is 0.816. The van der Waals surface area contributed by atoms with Gasteiger partial charge in [-0.25, -0.2) is 8.78 Å². The van der Waals surface area contributed by atoms with E-state index in [9.17, 15) is 13.6 Å². The van der Waals surface area contributed by atoms with Gasteiger partial charge in [0.1, 0.15) is 17.3 Å². The Hall–Kier alpha value is -2.38. The second kappa shape index (κ2) is 5.11. The molecule has 0 N–H and O–H groups in total. The van der Waals surface area contributed by atoms with E-state index in [-0.39, 0.29) is 17.0 Å². The maximum absolute atomic E-state index is 14.0. The molecule has 1 heterocycles. The zero-order valence-electron chi connectivity index (χ0n) is 11.7. The maximum atomic E-state index is 14.0. The highest BCUT2D eigenvalue weighted by Crippen LogP contribution is 2.42. The van der Waals surface area contributed by atoms with Gasteiger partial charge >= 0.3 is 0 Å². The molecule has 2 aromatic rings. The van der Waals surface area contributed by atoms with E-state index in [2.05, 4.69) is 5.16 Å². The standard InChI is InChI=1S/C15H11F2NO4/c1-20-15(21-2)11(19)7-6-10-13(15)14(18-22-10)12-8(16)4-3-5-9(12)17/h3-7H,1-2H3. The molecule has 1 aromatic carbocycles. The van der Waals surface area contributed by atoms with Crippen LogP contribution in [0.15, 0.2) is 28.8 Å². The van der Waals surface area contributed by atoms with E-state index < -0.39 is 28.8 Å². The van der Waals surface area contributed by atoms with Crippen LogP contribution in [0.5, 0.6) is 0 Å². The SMILES string of the molecule is COC1(OC)C(=O)C=Cc2onc(-c3c(F)cccc3F)c21. The van der Waals surface area contributed by atoms with Gasteiger partial charge in [-0.3, -0.25) is 4.79 Å². The lowest BCUT2D eigenvalue weighted by atomic mass is 9.91. The second-order valence-electron chi connectivity index (χ2n) is 4.59. The fraction of sp³-hybridized carbons (Fsp3) is 0.200. The number of ether oxygens (including phenoxy) is 2. The molecular weight excluding hydrogens is 296 g/mol. The molecule has 0 fully saturated rings. The summed E-state index contributed by atoms with van der Waals surface area (Å²) >= 11 is 0. The molecule has 0 atom stereocenters. The van der Waals surface area contributed by atoms with Crippen LogP contribution in [-0.2, 0) is 20.1 Å². The zero-order valence-corrected chi connectivity index (χ0v) is 11.7. The van der Waals surface area contributed by atoms with E-state index in [0.717, 1.165) is 12.1 Å². The number of nitrogens with zero attached hydrogens (tertiary/aromatic N) is 1. The molecule has 3 rings (SSSR count). The molecule has 1 aliphatic rings. The Bertz CT molecular complexity index is 758. The van der Waals surface area contributed by atoms with E-state index in [1.165, 1.54) is 32.4 Å². The van der Waals surface area contributed by atoms with E-state index in [1.54, 1.807) is 0 Å². The highest BCUT2D eigenvalue weighted by molar-refractivity contribution is 6.03. The Kier molecular flexibility index (Phi) is 3.38. The van der Waals surface area contributed by atoms with Crippen molar-refractivity contribution in [2.45, 2.75) is 5.79 Å². The minimum absolute atomic E-state index is 0.0361. The van der Waals surface area contributed by atoms with Gasteiger partial charge in [-0.15, -0.1) is 0 Å². The van der Waals surface area contributed by atoms with Crippen molar-refractivity contribution in [1.29, 1.82) is 0 Å². The van der Waals surface area contributed by atoms with Crippen LogP contribution in [0.25, 0.3) is 17.3 Å². The van der Waals surface area contributed by atoms with Crippen LogP contribution in [0.3, 0.4) is 0 Å². The van der Waals surface area contributed by atoms with Gasteiger partial charge in [0.2, 0.25) is 5.78 Å². The third kappa shape index (κ3) is 1.83. The minimum Gasteiger partial charge on any atom is -0.356 e. The average Bonchev–Trinajstić information content (AvgIpc) is 2.92. The highest BCUT2D eigenvalue weighted by atomic mass is 19.1. The van der Waals surface area contributed by atoms with Gasteiger partial charge in [0.05, 0.1) is 11.1 Å². The van der Waals surface area contributed by atoms with E-state index in [4.69, 9.17) is 14.0 Å². The number of methoxy groups -OCH3 is 2. The third-order valence-corrected chi connectivity index (χ3v) is 3.53. The summed E-state index contributed by atoms with van der Waals surface area (Å²) in [6, 6.07) is 3.40. The molecule has 5 nitrogen and oxygen atoms in total. The number of carbonyl (C=O) groups excluding carboxylic acids is 1. The minimum atomic E-state index is -1.85. The van der Waals surface area contributed by atoms with E-state index in [1.807, 2.05) is 0 Å². The normalized spacial score (nSPS) is 15.9. The molecule has 0 saturated heterocycles. The molecule has 0 unspecified atom stereocenters. The maximum Gasteiger partial charge on any atom is 0.266 e. The van der Waals surface area contributed by atoms with Gasteiger partial charge in [0.25, 0.3) is 5.79 Å². The number of carbonyl (C=O) groups is 1. The summed E-state index contributed by atoms with van der Waals surface area (Å²) in [4.78, 5) is 12.2. The van der Waals surface area contributed by atoms with Crippen molar-refractivity contribution in [3.05, 3.63) is 47.2 Å². The first-order valence-corrected chi connectivity index (χ1v) is 6.32. The first-order valence-electron chi connectivity index (χ1n) is 6.32. The van der Waals surface area contributed by atoms with Gasteiger partial charge in [0.15, 0.2) is 5.76 Å². The summed E-state index contributed by atoms with van der Waals surface area (Å²) < 4.78 is 43.5. The van der Waals surface area contributed by atoms with Crippen LogP contribution in [0.1, 0.15) is 11.3 Å². The van der Waals surface area contributed by atoms with Crippen molar-refractivity contribution in [3.8, 4) is 11.3 Å². The summed E-state index contributed by atoms with van der Waals surface area (Å²) in [7, 11) is 2.50. The zero-order chi connectivity index (χ0) is 15.9. The predicted molar refractivity (Wildman–Crippen MR) is 71.6 cm³/mol. The monoisotopic (exact) mass is 307 g/mol. The summed E-state index contributed by atoms with van der Waals surface area (Å²) in [5, 5.41) is 3.70. The fourth-order valence-corrected chi connectivity index (χ4v) is 2.50. The van der Waals surface area contributed by atoms with Crippen LogP contribution in [-0.4, -0.2) is 25.2 Å². The van der Waals surface area contributed by atoms with E-state index >= 15 is 0 Å². The van der Waals surface area contributed by atoms with Gasteiger partial charge in [-0.2, -0.15) is 0 Å². The molecule has 0 bridgehead atoms. The molecule has 1 aromatic heterocycles. The molecule has 0 radical (unpaired) electrons. The van der Waals surface area contributed by atoms with Crippen LogP contribution in [0.2, 0.25) is 0 Å². The molecule has 0 spiro atoms. The fourth-order valence-electron chi connectivity index (χ4n) is 2.50. The first kappa shape index (κ1) is 14.6. The molecule has 22 heavy (non-hydrogen) atoms. The van der Waals surface area contributed by atoms with Gasteiger partial charge in [0, 0.05) is 14.2 Å². The van der Waals surface area contributed by atoms with Crippen LogP contribution < -0.4 is 0 Å². The Morgan fingerprint density at radius 2 is 1.77 bits per heavy atom. The summed E-state index contributed by atoms with van der Waals surface area (Å²) in [6.45, 7) is 0. The molecule has 0 amide bonds. The van der Waals surface area contributed by atoms with Crippen LogP contribution in [0.4, 0.5) is 8.78 Å². The van der Waals surface area contributed by atoms with Crippen LogP contribution in [0, 0.1) is 11.6 Å². The molecular formula is C15H11F2NO4. The number of hydrogen-bond donors (Lipinski definition) is 0. The number of hydrogen-bond acceptors (Lipinski definition) is 5. The largest absolute Gasteiger partial charge is 0.356 e. The van der Waals surface area contributed by atoms with Crippen molar-refractivity contribution in [1.82, 2.24) is 5.16 Å². The molecule has 114 valence electrons. The van der Waals surface area contributed by atoms with E-state index in [0.29, 0.717) is 0 Å². The van der Waals surface area contributed by atoms with Crippen molar-refractivity contribution in [3.63, 3.8) is 0 Å². The predicted octanol–water partition coefficient (Wildman–Crippen LogP) is 2.66. The Balaban J connectivity index is 2.34. The van der Waals surface area contributed by atoms with Crippen LogP contribution >= 0.6 is 0 Å². The van der Waals surface area contributed by atoms with Crippen molar-refractivity contribution in [2.24, 2.45) is 0 Å². The first-order chi connectivity index (χ1) is 10.5. The lowest BCUT2D eigenvalue weighted by molar-refractivity contribution is -0.209. The molecule has 0 saturated carbocycles. The average molecular weight is 307 g/mol. The number of aromatic nitrogens is 1. The second-order valence-corrected chi connectivity index (χ2v) is 4.59. The number of rotatable bonds is 3. The molecule has 1 aliphatic carbocycles. The number of benzene rings is 1. The Labute approximate surface area is 124 Å². The van der Waals surface area contributed by atoms with Gasteiger partial charge in [-0.05, 0) is 24.3 Å². The Morgan fingerprint density at radius 3 is 2.36 bits per heavy atom. The smallest absolute Gasteiger partial charge is 0.266 e. The van der Waals surface area contributed by atoms with Gasteiger partial charge in [-0.1, -0.05) is 11.2 Å². The number of ketones is 1. The number of fused-ring (bicyclic) bond motifs is 1. The van der Waals surface area contributed by atoms with Crippen molar-refractivity contribution < 1.29 is 27.6 Å². The van der Waals surface area contributed by atoms with Crippen molar-refractivity contribution in [2.75, 3.05) is 14.2 Å². The third-order valence-electron chi connectivity index (χ3n) is 3.53. The molecule has 0 aliphatic heterocycles.